The van der Waals surface area contributed by atoms with Gasteiger partial charge in [0.05, 0.1) is 10.7 Å². The summed E-state index contributed by atoms with van der Waals surface area (Å²) in [5.74, 6) is 0.972. The SMILES string of the molecule is Cc1c(C(=O)N2CCCN(C)CC2)oc2nc(-c3ccccc3Cl)nn12. The molecule has 3 heterocycles. The quantitative estimate of drug-likeness (QED) is 0.691. The van der Waals surface area contributed by atoms with Crippen LogP contribution in [0.3, 0.4) is 0 Å². The molecule has 136 valence electrons. The maximum absolute atomic E-state index is 12.9. The highest BCUT2D eigenvalue weighted by atomic mass is 35.5. The van der Waals surface area contributed by atoms with Crippen LogP contribution in [0.5, 0.6) is 0 Å². The lowest BCUT2D eigenvalue weighted by molar-refractivity contribution is 0.0732. The second kappa shape index (κ2) is 6.74. The van der Waals surface area contributed by atoms with Gasteiger partial charge in [-0.2, -0.15) is 9.50 Å². The van der Waals surface area contributed by atoms with Crippen molar-refractivity contribution in [1.82, 2.24) is 24.4 Å². The molecule has 0 aliphatic carbocycles. The van der Waals surface area contributed by atoms with Crippen LogP contribution in [-0.2, 0) is 0 Å². The van der Waals surface area contributed by atoms with Crippen LogP contribution < -0.4 is 0 Å². The Hall–Kier alpha value is -2.38. The maximum Gasteiger partial charge on any atom is 0.325 e. The molecular formula is C18H20ClN5O2. The van der Waals surface area contributed by atoms with Gasteiger partial charge in [-0.15, -0.1) is 5.10 Å². The van der Waals surface area contributed by atoms with Crippen molar-refractivity contribution in [2.24, 2.45) is 0 Å². The van der Waals surface area contributed by atoms with E-state index in [9.17, 15) is 4.79 Å². The van der Waals surface area contributed by atoms with E-state index < -0.39 is 0 Å². The number of halogens is 1. The lowest BCUT2D eigenvalue weighted by atomic mass is 10.2. The highest BCUT2D eigenvalue weighted by molar-refractivity contribution is 6.33. The Morgan fingerprint density at radius 2 is 2.00 bits per heavy atom. The van der Waals surface area contributed by atoms with E-state index in [-0.39, 0.29) is 5.91 Å². The second-order valence-corrected chi connectivity index (χ2v) is 6.98. The Morgan fingerprint density at radius 1 is 1.19 bits per heavy atom. The smallest absolute Gasteiger partial charge is 0.325 e. The summed E-state index contributed by atoms with van der Waals surface area (Å²) in [7, 11) is 2.07. The third-order valence-electron chi connectivity index (χ3n) is 4.73. The summed E-state index contributed by atoms with van der Waals surface area (Å²) in [5.41, 5.74) is 1.38. The van der Waals surface area contributed by atoms with E-state index in [1.165, 1.54) is 0 Å². The number of hydrogen-bond acceptors (Lipinski definition) is 5. The largest absolute Gasteiger partial charge is 0.416 e. The maximum atomic E-state index is 12.9. The molecular weight excluding hydrogens is 354 g/mol. The Bertz CT molecular complexity index is 964. The number of carbonyl (C=O) groups is 1. The van der Waals surface area contributed by atoms with Crippen LogP contribution in [0.25, 0.3) is 17.2 Å². The predicted molar refractivity (Wildman–Crippen MR) is 98.5 cm³/mol. The fraction of sp³-hybridized carbons (Fsp3) is 0.389. The molecule has 1 aliphatic heterocycles. The first kappa shape index (κ1) is 17.1. The molecule has 1 fully saturated rings. The monoisotopic (exact) mass is 373 g/mol. The molecule has 0 radical (unpaired) electrons. The van der Waals surface area contributed by atoms with Gasteiger partial charge in [0.1, 0.15) is 0 Å². The third-order valence-corrected chi connectivity index (χ3v) is 5.06. The predicted octanol–water partition coefficient (Wildman–Crippen LogP) is 2.73. The molecule has 4 rings (SSSR count). The molecule has 1 saturated heterocycles. The average molecular weight is 374 g/mol. The Balaban J connectivity index is 1.65. The Kier molecular flexibility index (Phi) is 4.42. The molecule has 3 aromatic rings. The summed E-state index contributed by atoms with van der Waals surface area (Å²) in [6.45, 7) is 5.09. The summed E-state index contributed by atoms with van der Waals surface area (Å²) in [6, 6.07) is 7.37. The minimum absolute atomic E-state index is 0.107. The van der Waals surface area contributed by atoms with Crippen molar-refractivity contribution < 1.29 is 9.21 Å². The molecule has 8 heteroatoms. The topological polar surface area (TPSA) is 66.9 Å². The first-order valence-electron chi connectivity index (χ1n) is 8.63. The molecule has 0 atom stereocenters. The number of oxazole rings is 1. The molecule has 0 saturated carbocycles. The fourth-order valence-electron chi connectivity index (χ4n) is 3.19. The van der Waals surface area contributed by atoms with Crippen molar-refractivity contribution in [3.63, 3.8) is 0 Å². The zero-order valence-corrected chi connectivity index (χ0v) is 15.5. The Labute approximate surface area is 156 Å². The van der Waals surface area contributed by atoms with Crippen LogP contribution in [0.1, 0.15) is 22.7 Å². The minimum atomic E-state index is -0.107. The molecule has 26 heavy (non-hydrogen) atoms. The molecule has 1 aromatic carbocycles. The number of carbonyl (C=O) groups excluding carboxylic acids is 1. The zero-order valence-electron chi connectivity index (χ0n) is 14.8. The van der Waals surface area contributed by atoms with E-state index >= 15 is 0 Å². The van der Waals surface area contributed by atoms with Gasteiger partial charge >= 0.3 is 5.84 Å². The Morgan fingerprint density at radius 3 is 2.77 bits per heavy atom. The molecule has 1 aliphatic rings. The molecule has 0 N–H and O–H groups in total. The number of hydrogen-bond donors (Lipinski definition) is 0. The number of nitrogens with zero attached hydrogens (tertiary/aromatic N) is 5. The van der Waals surface area contributed by atoms with E-state index in [2.05, 4.69) is 22.0 Å². The standard InChI is InChI=1S/C18H20ClN5O2/c1-12-15(17(25)23-9-5-8-22(2)10-11-23)26-18-20-16(21-24(12)18)13-6-3-4-7-14(13)19/h3-4,6-7H,5,8-11H2,1-2H3. The van der Waals surface area contributed by atoms with E-state index in [0.717, 1.165) is 31.6 Å². The van der Waals surface area contributed by atoms with Gasteiger partial charge in [0.15, 0.2) is 5.82 Å². The van der Waals surface area contributed by atoms with Crippen molar-refractivity contribution in [3.8, 4) is 11.4 Å². The molecule has 0 spiro atoms. The van der Waals surface area contributed by atoms with Crippen molar-refractivity contribution in [2.45, 2.75) is 13.3 Å². The van der Waals surface area contributed by atoms with Gasteiger partial charge in [-0.1, -0.05) is 23.7 Å². The van der Waals surface area contributed by atoms with Gasteiger partial charge in [0.2, 0.25) is 5.76 Å². The van der Waals surface area contributed by atoms with Gasteiger partial charge in [0.25, 0.3) is 5.91 Å². The summed E-state index contributed by atoms with van der Waals surface area (Å²) in [5, 5.41) is 5.04. The normalized spacial score (nSPS) is 16.2. The van der Waals surface area contributed by atoms with E-state index in [4.69, 9.17) is 16.0 Å². The zero-order chi connectivity index (χ0) is 18.3. The highest BCUT2D eigenvalue weighted by Crippen LogP contribution is 2.27. The molecule has 1 amide bonds. The number of amides is 1. The number of rotatable bonds is 2. The minimum Gasteiger partial charge on any atom is -0.416 e. The van der Waals surface area contributed by atoms with Crippen molar-refractivity contribution in [2.75, 3.05) is 33.2 Å². The van der Waals surface area contributed by atoms with Gasteiger partial charge in [-0.25, -0.2) is 0 Å². The molecule has 2 aromatic heterocycles. The van der Waals surface area contributed by atoms with Gasteiger partial charge in [-0.3, -0.25) is 4.79 Å². The van der Waals surface area contributed by atoms with Crippen LogP contribution >= 0.6 is 11.6 Å². The van der Waals surface area contributed by atoms with Crippen LogP contribution in [0.15, 0.2) is 28.7 Å². The number of fused-ring (bicyclic) bond motifs is 1. The van der Waals surface area contributed by atoms with Gasteiger partial charge in [-0.05, 0) is 39.1 Å². The lowest BCUT2D eigenvalue weighted by Gasteiger charge is -2.19. The number of aromatic nitrogens is 3. The summed E-state index contributed by atoms with van der Waals surface area (Å²) in [4.78, 5) is 21.4. The fourth-order valence-corrected chi connectivity index (χ4v) is 3.41. The number of likely N-dealkylation sites (N-methyl/N-ethyl adjacent to an activating group) is 1. The third kappa shape index (κ3) is 2.97. The second-order valence-electron chi connectivity index (χ2n) is 6.58. The van der Waals surface area contributed by atoms with Gasteiger partial charge < -0.3 is 14.2 Å². The first-order valence-corrected chi connectivity index (χ1v) is 9.01. The van der Waals surface area contributed by atoms with Crippen molar-refractivity contribution in [1.29, 1.82) is 0 Å². The van der Waals surface area contributed by atoms with Crippen molar-refractivity contribution >= 4 is 23.4 Å². The molecule has 0 unspecified atom stereocenters. The number of benzene rings is 1. The van der Waals surface area contributed by atoms with E-state index in [0.29, 0.717) is 34.7 Å². The first-order chi connectivity index (χ1) is 12.5. The van der Waals surface area contributed by atoms with E-state index in [1.54, 1.807) is 10.6 Å². The number of aryl methyl sites for hydroxylation is 1. The average Bonchev–Trinajstić information content (AvgIpc) is 3.08. The summed E-state index contributed by atoms with van der Waals surface area (Å²) >= 11 is 6.22. The summed E-state index contributed by atoms with van der Waals surface area (Å²) < 4.78 is 7.33. The summed E-state index contributed by atoms with van der Waals surface area (Å²) in [6.07, 6.45) is 0.952. The van der Waals surface area contributed by atoms with E-state index in [1.807, 2.05) is 30.0 Å². The van der Waals surface area contributed by atoms with Crippen LogP contribution in [-0.4, -0.2) is 63.5 Å². The van der Waals surface area contributed by atoms with Gasteiger partial charge in [0, 0.05) is 25.2 Å². The molecule has 7 nitrogen and oxygen atoms in total. The van der Waals surface area contributed by atoms with Crippen LogP contribution in [0, 0.1) is 6.92 Å². The highest BCUT2D eigenvalue weighted by Gasteiger charge is 2.26. The molecule has 0 bridgehead atoms. The van der Waals surface area contributed by atoms with Crippen LogP contribution in [0.4, 0.5) is 0 Å². The lowest BCUT2D eigenvalue weighted by Crippen LogP contribution is -2.34. The van der Waals surface area contributed by atoms with Crippen molar-refractivity contribution in [3.05, 3.63) is 40.7 Å². The van der Waals surface area contributed by atoms with Crippen LogP contribution in [0.2, 0.25) is 5.02 Å².